The van der Waals surface area contributed by atoms with Crippen LogP contribution in [0.3, 0.4) is 0 Å². The number of fused-ring (bicyclic) bond motifs is 1. The van der Waals surface area contributed by atoms with Gasteiger partial charge in [-0.15, -0.1) is 0 Å². The number of nitrogens with zero attached hydrogens (tertiary/aromatic N) is 2. The number of methoxy groups -OCH3 is 3. The Morgan fingerprint density at radius 2 is 1.76 bits per heavy atom. The second-order valence-electron chi connectivity index (χ2n) is 9.35. The minimum absolute atomic E-state index is 0.147. The summed E-state index contributed by atoms with van der Waals surface area (Å²) in [5.41, 5.74) is 4.55. The molecule has 7 nitrogen and oxygen atoms in total. The van der Waals surface area contributed by atoms with Gasteiger partial charge >= 0.3 is 0 Å². The summed E-state index contributed by atoms with van der Waals surface area (Å²) >= 11 is 1.31. The van der Waals surface area contributed by atoms with E-state index in [2.05, 4.69) is 24.9 Å². The zero-order valence-corrected chi connectivity index (χ0v) is 23.3. The van der Waals surface area contributed by atoms with E-state index in [1.54, 1.807) is 45.0 Å². The fourth-order valence-electron chi connectivity index (χ4n) is 4.75. The molecule has 2 heterocycles. The Kier molecular flexibility index (Phi) is 7.41. The highest BCUT2D eigenvalue weighted by Crippen LogP contribution is 2.37. The lowest BCUT2D eigenvalue weighted by atomic mass is 9.92. The first-order valence-corrected chi connectivity index (χ1v) is 12.9. The predicted molar refractivity (Wildman–Crippen MR) is 146 cm³/mol. The van der Waals surface area contributed by atoms with Crippen LogP contribution in [0.25, 0.3) is 6.08 Å². The molecule has 0 fully saturated rings. The molecule has 0 radical (unpaired) electrons. The Balaban J connectivity index is 1.99. The van der Waals surface area contributed by atoms with Crippen LogP contribution in [0.5, 0.6) is 17.2 Å². The molecule has 0 spiro atoms. The maximum Gasteiger partial charge on any atom is 0.271 e. The number of Topliss-reactive ketones (excluding diaryl/α,β-unsaturated/α-hetero) is 1. The number of thiazole rings is 1. The number of aryl methyl sites for hydroxylation is 1. The van der Waals surface area contributed by atoms with Crippen LogP contribution < -0.4 is 29.1 Å². The number of hydrogen-bond acceptors (Lipinski definition) is 7. The molecule has 0 aliphatic carbocycles. The van der Waals surface area contributed by atoms with Crippen LogP contribution in [-0.4, -0.2) is 31.7 Å². The topological polar surface area (TPSA) is 79.1 Å². The Morgan fingerprint density at radius 1 is 1.05 bits per heavy atom. The highest BCUT2D eigenvalue weighted by Gasteiger charge is 2.32. The monoisotopic (exact) mass is 520 g/mol. The summed E-state index contributed by atoms with van der Waals surface area (Å²) < 4.78 is 18.7. The number of benzene rings is 2. The molecular weight excluding hydrogens is 488 g/mol. The van der Waals surface area contributed by atoms with E-state index in [0.29, 0.717) is 37.7 Å². The number of carbonyl (C=O) groups excluding carboxylic acids is 1. The lowest BCUT2D eigenvalue weighted by Gasteiger charge is -2.26. The highest BCUT2D eigenvalue weighted by atomic mass is 32.1. The summed E-state index contributed by atoms with van der Waals surface area (Å²) in [6.45, 7) is 9.52. The van der Waals surface area contributed by atoms with E-state index >= 15 is 0 Å². The molecule has 8 heteroatoms. The van der Waals surface area contributed by atoms with Gasteiger partial charge in [0, 0.05) is 22.9 Å². The number of allylic oxidation sites excluding steroid dienone is 2. The number of aromatic nitrogens is 1. The Bertz CT molecular complexity index is 1590. The third-order valence-corrected chi connectivity index (χ3v) is 7.65. The Hall–Kier alpha value is -3.65. The van der Waals surface area contributed by atoms with Crippen molar-refractivity contribution < 1.29 is 19.0 Å². The summed E-state index contributed by atoms with van der Waals surface area (Å²) in [4.78, 5) is 31.9. The molecule has 0 amide bonds. The molecule has 4 rings (SSSR count). The summed E-state index contributed by atoms with van der Waals surface area (Å²) in [6.07, 6.45) is 1.90. The van der Waals surface area contributed by atoms with Gasteiger partial charge in [-0.1, -0.05) is 25.2 Å². The van der Waals surface area contributed by atoms with Crippen LogP contribution in [0.1, 0.15) is 61.9 Å². The maximum absolute atomic E-state index is 13.9. The third-order valence-electron chi connectivity index (χ3n) is 6.66. The molecule has 1 aliphatic rings. The van der Waals surface area contributed by atoms with Crippen molar-refractivity contribution in [1.29, 1.82) is 0 Å². The van der Waals surface area contributed by atoms with Crippen LogP contribution >= 0.6 is 11.3 Å². The first-order chi connectivity index (χ1) is 17.6. The first-order valence-electron chi connectivity index (χ1n) is 12.0. The van der Waals surface area contributed by atoms with E-state index in [1.165, 1.54) is 18.3 Å². The predicted octanol–water partition coefficient (Wildman–Crippen LogP) is 4.28. The smallest absolute Gasteiger partial charge is 0.271 e. The molecule has 1 aromatic heterocycles. The Morgan fingerprint density at radius 3 is 2.35 bits per heavy atom. The molecule has 0 saturated carbocycles. The average Bonchev–Trinajstić information content (AvgIpc) is 3.17. The van der Waals surface area contributed by atoms with Gasteiger partial charge in [0.2, 0.25) is 0 Å². The highest BCUT2D eigenvalue weighted by molar-refractivity contribution is 7.07. The SMILES string of the molecule is COc1ccc([C@H]2C(C(C)=O)=C(C)N=c3s/c(=C/c4cc(C(C)C)c(OC)cc4C)c(=O)n32)c(OC)c1. The molecule has 2 aromatic carbocycles. The van der Waals surface area contributed by atoms with Crippen LogP contribution in [0.4, 0.5) is 0 Å². The van der Waals surface area contributed by atoms with Crippen LogP contribution in [0.2, 0.25) is 0 Å². The van der Waals surface area contributed by atoms with Gasteiger partial charge in [-0.3, -0.25) is 14.2 Å². The first kappa shape index (κ1) is 26.4. The normalized spacial score (nSPS) is 15.5. The van der Waals surface area contributed by atoms with Crippen molar-refractivity contribution in [3.05, 3.63) is 83.5 Å². The van der Waals surface area contributed by atoms with Crippen LogP contribution in [-0.2, 0) is 4.79 Å². The summed E-state index contributed by atoms with van der Waals surface area (Å²) in [7, 11) is 4.81. The molecule has 0 bridgehead atoms. The molecular formula is C29H32N2O5S. The van der Waals surface area contributed by atoms with Gasteiger partial charge in [-0.05, 0) is 73.7 Å². The van der Waals surface area contributed by atoms with E-state index in [1.807, 2.05) is 25.1 Å². The van der Waals surface area contributed by atoms with Crippen molar-refractivity contribution in [3.8, 4) is 17.2 Å². The van der Waals surface area contributed by atoms with Crippen molar-refractivity contribution in [2.24, 2.45) is 4.99 Å². The minimum Gasteiger partial charge on any atom is -0.497 e. The number of rotatable bonds is 7. The van der Waals surface area contributed by atoms with E-state index in [9.17, 15) is 9.59 Å². The van der Waals surface area contributed by atoms with Gasteiger partial charge in [0.15, 0.2) is 10.6 Å². The zero-order valence-electron chi connectivity index (χ0n) is 22.5. The second kappa shape index (κ2) is 10.4. The number of carbonyl (C=O) groups is 1. The van der Waals surface area contributed by atoms with Gasteiger partial charge in [0.1, 0.15) is 17.2 Å². The standard InChI is InChI=1S/C29H32N2O5S/c1-15(2)22-12-19(16(3)11-23(22)35-7)13-25-28(33)31-27(21-10-9-20(34-6)14-24(21)36-8)26(18(5)32)17(4)30-29(31)37-25/h9-15,27H,1-8H3/b25-13+/t27-/m0/s1. The molecule has 37 heavy (non-hydrogen) atoms. The molecule has 0 unspecified atom stereocenters. The molecule has 1 atom stereocenters. The largest absolute Gasteiger partial charge is 0.497 e. The summed E-state index contributed by atoms with van der Waals surface area (Å²) in [5.74, 6) is 2.09. The van der Waals surface area contributed by atoms with Gasteiger partial charge in [0.25, 0.3) is 5.56 Å². The fourth-order valence-corrected chi connectivity index (χ4v) is 5.79. The second-order valence-corrected chi connectivity index (χ2v) is 10.4. The summed E-state index contributed by atoms with van der Waals surface area (Å²) in [6, 6.07) is 8.81. The van der Waals surface area contributed by atoms with Crippen molar-refractivity contribution in [2.45, 2.75) is 46.6 Å². The van der Waals surface area contributed by atoms with E-state index < -0.39 is 6.04 Å². The van der Waals surface area contributed by atoms with Gasteiger partial charge in [0.05, 0.1) is 31.9 Å². The van der Waals surface area contributed by atoms with Gasteiger partial charge in [-0.25, -0.2) is 4.99 Å². The average molecular weight is 521 g/mol. The van der Waals surface area contributed by atoms with Gasteiger partial charge in [-0.2, -0.15) is 0 Å². The van der Waals surface area contributed by atoms with Gasteiger partial charge < -0.3 is 14.2 Å². The third kappa shape index (κ3) is 4.73. The van der Waals surface area contributed by atoms with E-state index in [0.717, 1.165) is 22.4 Å². The lowest BCUT2D eigenvalue weighted by molar-refractivity contribution is -0.114. The van der Waals surface area contributed by atoms with Crippen molar-refractivity contribution >= 4 is 23.2 Å². The molecule has 1 aliphatic heterocycles. The number of hydrogen-bond donors (Lipinski definition) is 0. The minimum atomic E-state index is -0.667. The summed E-state index contributed by atoms with van der Waals surface area (Å²) in [5, 5.41) is 0. The molecule has 194 valence electrons. The number of ketones is 1. The van der Waals surface area contributed by atoms with Crippen molar-refractivity contribution in [1.82, 2.24) is 4.57 Å². The Labute approximate surface area is 220 Å². The van der Waals surface area contributed by atoms with Crippen LogP contribution in [0.15, 0.2) is 51.4 Å². The van der Waals surface area contributed by atoms with E-state index in [4.69, 9.17) is 14.2 Å². The fraction of sp³-hybridized carbons (Fsp3) is 0.345. The lowest BCUT2D eigenvalue weighted by Crippen LogP contribution is -2.39. The van der Waals surface area contributed by atoms with Crippen molar-refractivity contribution in [2.75, 3.05) is 21.3 Å². The van der Waals surface area contributed by atoms with Crippen LogP contribution in [0, 0.1) is 6.92 Å². The van der Waals surface area contributed by atoms with Crippen molar-refractivity contribution in [3.63, 3.8) is 0 Å². The van der Waals surface area contributed by atoms with E-state index in [-0.39, 0.29) is 17.3 Å². The zero-order chi connectivity index (χ0) is 27.0. The quantitative estimate of drug-likeness (QED) is 0.465. The molecule has 0 saturated heterocycles. The number of ether oxygens (including phenoxy) is 3. The maximum atomic E-state index is 13.9. The molecule has 3 aromatic rings. The molecule has 0 N–H and O–H groups in total.